The molecular weight excluding hydrogens is 130 g/mol. The first kappa shape index (κ1) is 7.00. The predicted octanol–water partition coefficient (Wildman–Crippen LogP) is 2.26. The number of rotatable bonds is 3. The normalized spacial score (nSPS) is 17.2. The molecule has 1 heterocycles. The standard InChI is InChI=1S/C7H13NS/c1-2-3-4-8-5-6-9-7-8/h5-6H,2-4,7H2,1H3. The van der Waals surface area contributed by atoms with Crippen LogP contribution in [0.25, 0.3) is 0 Å². The monoisotopic (exact) mass is 143 g/mol. The largest absolute Gasteiger partial charge is 0.367 e. The Balaban J connectivity index is 2.05. The van der Waals surface area contributed by atoms with Crippen LogP contribution < -0.4 is 0 Å². The van der Waals surface area contributed by atoms with E-state index >= 15 is 0 Å². The minimum Gasteiger partial charge on any atom is -0.367 e. The number of hydrogen-bond acceptors (Lipinski definition) is 2. The van der Waals surface area contributed by atoms with Crippen molar-refractivity contribution in [1.29, 1.82) is 0 Å². The fourth-order valence-corrected chi connectivity index (χ4v) is 1.56. The van der Waals surface area contributed by atoms with Gasteiger partial charge in [-0.15, -0.1) is 11.8 Å². The predicted molar refractivity (Wildman–Crippen MR) is 43.2 cm³/mol. The summed E-state index contributed by atoms with van der Waals surface area (Å²) in [6.45, 7) is 3.47. The Morgan fingerprint density at radius 2 is 2.56 bits per heavy atom. The van der Waals surface area contributed by atoms with Gasteiger partial charge in [0.25, 0.3) is 0 Å². The highest BCUT2D eigenvalue weighted by atomic mass is 32.2. The van der Waals surface area contributed by atoms with Crippen LogP contribution in [0.4, 0.5) is 0 Å². The summed E-state index contributed by atoms with van der Waals surface area (Å²) in [7, 11) is 0. The van der Waals surface area contributed by atoms with Crippen molar-refractivity contribution in [3.8, 4) is 0 Å². The smallest absolute Gasteiger partial charge is 0.0675 e. The van der Waals surface area contributed by atoms with Gasteiger partial charge in [0.15, 0.2) is 0 Å². The molecule has 0 bridgehead atoms. The first-order valence-corrected chi connectivity index (χ1v) is 4.50. The van der Waals surface area contributed by atoms with E-state index in [4.69, 9.17) is 0 Å². The molecule has 0 radical (unpaired) electrons. The lowest BCUT2D eigenvalue weighted by molar-refractivity contribution is 0.433. The molecule has 0 spiro atoms. The molecule has 0 amide bonds. The Kier molecular flexibility index (Phi) is 2.98. The molecule has 0 N–H and O–H groups in total. The molecule has 0 aromatic heterocycles. The highest BCUT2D eigenvalue weighted by Crippen LogP contribution is 2.14. The zero-order valence-corrected chi connectivity index (χ0v) is 6.66. The summed E-state index contributed by atoms with van der Waals surface area (Å²) >= 11 is 1.88. The van der Waals surface area contributed by atoms with Gasteiger partial charge in [-0.3, -0.25) is 0 Å². The van der Waals surface area contributed by atoms with Gasteiger partial charge in [0.05, 0.1) is 5.88 Å². The van der Waals surface area contributed by atoms with Gasteiger partial charge in [-0.1, -0.05) is 13.3 Å². The highest BCUT2D eigenvalue weighted by Gasteiger charge is 2.01. The second-order valence-electron chi connectivity index (χ2n) is 2.25. The van der Waals surface area contributed by atoms with Crippen LogP contribution >= 0.6 is 11.8 Å². The average Bonchev–Trinajstić information content (AvgIpc) is 2.34. The van der Waals surface area contributed by atoms with Crippen LogP contribution in [0.15, 0.2) is 11.6 Å². The summed E-state index contributed by atoms with van der Waals surface area (Å²) in [5.41, 5.74) is 0. The topological polar surface area (TPSA) is 3.24 Å². The number of unbranched alkanes of at least 4 members (excludes halogenated alkanes) is 1. The number of nitrogens with zero attached hydrogens (tertiary/aromatic N) is 1. The molecular formula is C7H13NS. The summed E-state index contributed by atoms with van der Waals surface area (Å²) in [4.78, 5) is 2.36. The van der Waals surface area contributed by atoms with Gasteiger partial charge >= 0.3 is 0 Å². The molecule has 1 aliphatic heterocycles. The zero-order chi connectivity index (χ0) is 6.53. The van der Waals surface area contributed by atoms with E-state index in [1.165, 1.54) is 25.3 Å². The van der Waals surface area contributed by atoms with Gasteiger partial charge in [-0.05, 0) is 11.8 Å². The lowest BCUT2D eigenvalue weighted by Crippen LogP contribution is -2.13. The molecule has 1 aliphatic rings. The quantitative estimate of drug-likeness (QED) is 0.596. The van der Waals surface area contributed by atoms with Gasteiger partial charge in [-0.2, -0.15) is 0 Å². The van der Waals surface area contributed by atoms with Crippen LogP contribution in [0.5, 0.6) is 0 Å². The highest BCUT2D eigenvalue weighted by molar-refractivity contribution is 8.02. The van der Waals surface area contributed by atoms with Crippen molar-refractivity contribution in [2.45, 2.75) is 19.8 Å². The molecule has 0 saturated heterocycles. The van der Waals surface area contributed by atoms with Crippen LogP contribution in [-0.4, -0.2) is 17.3 Å². The lowest BCUT2D eigenvalue weighted by Gasteiger charge is -2.12. The van der Waals surface area contributed by atoms with E-state index in [-0.39, 0.29) is 0 Å². The first-order valence-electron chi connectivity index (χ1n) is 3.46. The van der Waals surface area contributed by atoms with Crippen molar-refractivity contribution < 1.29 is 0 Å². The molecule has 1 rings (SSSR count). The molecule has 0 atom stereocenters. The Hall–Kier alpha value is -0.110. The summed E-state index contributed by atoms with van der Waals surface area (Å²) in [6, 6.07) is 0. The fraction of sp³-hybridized carbons (Fsp3) is 0.714. The second-order valence-corrected chi connectivity index (χ2v) is 3.11. The van der Waals surface area contributed by atoms with E-state index in [2.05, 4.69) is 23.4 Å². The number of hydrogen-bond donors (Lipinski definition) is 0. The third-order valence-corrected chi connectivity index (χ3v) is 2.20. The Morgan fingerprint density at radius 1 is 1.67 bits per heavy atom. The van der Waals surface area contributed by atoms with Crippen molar-refractivity contribution in [2.24, 2.45) is 0 Å². The molecule has 0 unspecified atom stereocenters. The Bertz CT molecular complexity index is 101. The molecule has 9 heavy (non-hydrogen) atoms. The van der Waals surface area contributed by atoms with Crippen LogP contribution in [0.2, 0.25) is 0 Å². The fourth-order valence-electron chi connectivity index (χ4n) is 0.811. The molecule has 0 saturated carbocycles. The number of thioether (sulfide) groups is 1. The molecule has 0 aromatic rings. The van der Waals surface area contributed by atoms with Crippen LogP contribution in [-0.2, 0) is 0 Å². The van der Waals surface area contributed by atoms with Gasteiger partial charge in [0.1, 0.15) is 0 Å². The van der Waals surface area contributed by atoms with Crippen molar-refractivity contribution in [1.82, 2.24) is 4.90 Å². The first-order chi connectivity index (χ1) is 4.43. The van der Waals surface area contributed by atoms with E-state index in [1.807, 2.05) is 11.8 Å². The molecule has 0 aromatic carbocycles. The second kappa shape index (κ2) is 3.83. The van der Waals surface area contributed by atoms with Crippen molar-refractivity contribution in [2.75, 3.05) is 12.4 Å². The van der Waals surface area contributed by atoms with Gasteiger partial charge in [0, 0.05) is 12.7 Å². The van der Waals surface area contributed by atoms with E-state index in [0.29, 0.717) is 0 Å². The molecule has 1 nitrogen and oxygen atoms in total. The van der Waals surface area contributed by atoms with Gasteiger partial charge < -0.3 is 4.90 Å². The van der Waals surface area contributed by atoms with Crippen molar-refractivity contribution in [3.63, 3.8) is 0 Å². The molecule has 2 heteroatoms. The Labute approximate surface area is 61.1 Å². The van der Waals surface area contributed by atoms with Crippen LogP contribution in [0.3, 0.4) is 0 Å². The van der Waals surface area contributed by atoms with Crippen LogP contribution in [0, 0.1) is 0 Å². The van der Waals surface area contributed by atoms with E-state index in [9.17, 15) is 0 Å². The average molecular weight is 143 g/mol. The van der Waals surface area contributed by atoms with Gasteiger partial charge in [0.2, 0.25) is 0 Å². The maximum atomic E-state index is 2.36. The summed E-state index contributed by atoms with van der Waals surface area (Å²) in [5, 5.41) is 2.16. The third-order valence-electron chi connectivity index (χ3n) is 1.41. The van der Waals surface area contributed by atoms with E-state index < -0.39 is 0 Å². The zero-order valence-electron chi connectivity index (χ0n) is 5.84. The minimum absolute atomic E-state index is 1.17. The summed E-state index contributed by atoms with van der Waals surface area (Å²) < 4.78 is 0. The Morgan fingerprint density at radius 3 is 3.11 bits per heavy atom. The third kappa shape index (κ3) is 2.31. The maximum Gasteiger partial charge on any atom is 0.0675 e. The van der Waals surface area contributed by atoms with Gasteiger partial charge in [-0.25, -0.2) is 0 Å². The lowest BCUT2D eigenvalue weighted by atomic mass is 10.3. The van der Waals surface area contributed by atoms with Crippen molar-refractivity contribution >= 4 is 11.8 Å². The van der Waals surface area contributed by atoms with E-state index in [0.717, 1.165) is 0 Å². The van der Waals surface area contributed by atoms with Crippen LogP contribution in [0.1, 0.15) is 19.8 Å². The van der Waals surface area contributed by atoms with Crippen molar-refractivity contribution in [3.05, 3.63) is 11.6 Å². The molecule has 52 valence electrons. The minimum atomic E-state index is 1.17. The summed E-state index contributed by atoms with van der Waals surface area (Å²) in [6.07, 6.45) is 4.81. The molecule has 0 fully saturated rings. The van der Waals surface area contributed by atoms with E-state index in [1.54, 1.807) is 0 Å². The molecule has 0 aliphatic carbocycles. The summed E-state index contributed by atoms with van der Waals surface area (Å²) in [5.74, 6) is 1.17. The SMILES string of the molecule is CCCCN1C=CSC1. The maximum absolute atomic E-state index is 2.36.